The lowest BCUT2D eigenvalue weighted by Crippen LogP contribution is -2.29. The number of nitrogens with zero attached hydrogens (tertiary/aromatic N) is 16. The van der Waals surface area contributed by atoms with Crippen molar-refractivity contribution in [2.24, 2.45) is 0 Å². The molecule has 12 aromatic rings. The van der Waals surface area contributed by atoms with Crippen LogP contribution in [0.15, 0.2) is 166 Å². The molecule has 674 valence electrons. The second-order valence-corrected chi connectivity index (χ2v) is 32.8. The Morgan fingerprint density at radius 2 is 0.907 bits per heavy atom. The van der Waals surface area contributed by atoms with E-state index in [0.29, 0.717) is 99.6 Å². The average molecular weight is 1760 g/mol. The summed E-state index contributed by atoms with van der Waals surface area (Å²) in [7, 11) is 22.6. The maximum absolute atomic E-state index is 13.4. The topological polar surface area (TPSA) is 312 Å². The van der Waals surface area contributed by atoms with E-state index < -0.39 is 6.61 Å². The van der Waals surface area contributed by atoms with Gasteiger partial charge in [-0.3, -0.25) is 24.1 Å². The summed E-state index contributed by atoms with van der Waals surface area (Å²) in [6, 6.07) is 31.6. The number of alkyl halides is 2. The standard InChI is InChI=1S/C34H40N8O3.C31H35F2N7O3.C31H37N7O3/c1-6-29(43)36-25-20-26(28(45-5)21-27(25)40(4)19-18-39(2)3)38-34-35-15-14-24(37-34)31-23-12-7-10-22-11-8-17-42(32(22)23)33(31)41-16-9-13-30(41)44;1-6-27(41)35-22-15-23(25(42-5)16-24(22)39(4)14-13-38(2)3)36-31-34-17-26(43-30(32)33)28(37-31)21-18-40-12-8-10-19-9-7-11-20(21)29(19)40;1-6-28(40)33-24-15-25(27(41-5)16-26(24)37(4)14-13-36(2)3)34-31-32-17-21(19-39)29(35-31)23-18-38-12-8-10-20-9-7-11-22(23)30(20)38/h6-7,10,12,14-15,20-21H,1,8-9,11,13,16-19H2,2-5H3,(H,36,43)(H,35,37,38);6-7,9,11,15-18,30H,1,8,10,12-14H2,2-5H3,(H,35,41)(H,34,36,37);6-7,9,11,15-18,39H,1,8,10,12-14,19H2,2-5H3,(H,33,40)(H,32,34,35). The molecule has 0 unspecified atom stereocenters. The zero-order valence-corrected chi connectivity index (χ0v) is 75.1. The number of benzene rings is 6. The number of hydrogen-bond acceptors (Lipinski definition) is 24. The van der Waals surface area contributed by atoms with Crippen molar-refractivity contribution in [3.63, 3.8) is 0 Å². The van der Waals surface area contributed by atoms with Crippen LogP contribution in [-0.4, -0.2) is 224 Å². The number of para-hydroxylation sites is 3. The fourth-order valence-corrected chi connectivity index (χ4v) is 16.9. The molecule has 0 atom stereocenters. The molecule has 4 aliphatic rings. The number of aliphatic hydroxyl groups is 1. The van der Waals surface area contributed by atoms with Crippen LogP contribution in [-0.2, 0) is 64.7 Å². The third-order valence-electron chi connectivity index (χ3n) is 23.3. The molecule has 31 nitrogen and oxygen atoms in total. The molecule has 16 rings (SSSR count). The predicted octanol–water partition coefficient (Wildman–Crippen LogP) is 15.0. The van der Waals surface area contributed by atoms with Crippen molar-refractivity contribution in [3.8, 4) is 56.8 Å². The van der Waals surface area contributed by atoms with Gasteiger partial charge in [-0.25, -0.2) is 29.9 Å². The molecule has 33 heteroatoms. The lowest BCUT2D eigenvalue weighted by atomic mass is 10.0. The molecule has 4 aliphatic heterocycles. The molecule has 6 aromatic heterocycles. The Morgan fingerprint density at radius 1 is 0.488 bits per heavy atom. The Labute approximate surface area is 749 Å². The first kappa shape index (κ1) is 91.2. The molecule has 10 heterocycles. The normalized spacial score (nSPS) is 13.1. The number of carbonyl (C=O) groups is 4. The molecule has 1 fully saturated rings. The second-order valence-electron chi connectivity index (χ2n) is 32.8. The number of amides is 4. The number of aryl methyl sites for hydroxylation is 6. The summed E-state index contributed by atoms with van der Waals surface area (Å²) in [5.41, 5.74) is 17.8. The van der Waals surface area contributed by atoms with Crippen LogP contribution in [0.5, 0.6) is 23.0 Å². The van der Waals surface area contributed by atoms with Crippen LogP contribution < -0.4 is 70.4 Å². The van der Waals surface area contributed by atoms with Gasteiger partial charge < -0.3 is 99.1 Å². The largest absolute Gasteiger partial charge is 0.494 e. The van der Waals surface area contributed by atoms with E-state index in [0.717, 1.165) is 159 Å². The van der Waals surface area contributed by atoms with E-state index in [4.69, 9.17) is 28.9 Å². The molecule has 0 spiro atoms. The smallest absolute Gasteiger partial charge is 0.387 e. The fraction of sp³-hybridized carbons (Fsp3) is 0.333. The molecule has 4 amide bonds. The highest BCUT2D eigenvalue weighted by Crippen LogP contribution is 2.48. The zero-order chi connectivity index (χ0) is 91.4. The van der Waals surface area contributed by atoms with Gasteiger partial charge in [0.05, 0.1) is 119 Å². The van der Waals surface area contributed by atoms with Crippen molar-refractivity contribution < 1.29 is 52.0 Å². The third-order valence-corrected chi connectivity index (χ3v) is 23.3. The van der Waals surface area contributed by atoms with Gasteiger partial charge in [0, 0.05) is 169 Å². The third kappa shape index (κ3) is 20.4. The first-order chi connectivity index (χ1) is 62.3. The number of rotatable bonds is 34. The summed E-state index contributed by atoms with van der Waals surface area (Å²) in [5, 5.41) is 31.8. The number of aromatic nitrogens is 9. The highest BCUT2D eigenvalue weighted by molar-refractivity contribution is 6.10. The highest BCUT2D eigenvalue weighted by atomic mass is 19.3. The number of likely N-dealkylation sites (N-methyl/N-ethyl adjacent to an activating group) is 6. The van der Waals surface area contributed by atoms with Crippen molar-refractivity contribution in [2.45, 2.75) is 84.2 Å². The minimum atomic E-state index is -3.05. The highest BCUT2D eigenvalue weighted by Gasteiger charge is 2.34. The number of hydrogen-bond donors (Lipinski definition) is 7. The number of carbonyl (C=O) groups excluding carboxylic acids is 4. The van der Waals surface area contributed by atoms with E-state index in [1.807, 2.05) is 122 Å². The maximum Gasteiger partial charge on any atom is 0.387 e. The Balaban J connectivity index is 0.000000156. The van der Waals surface area contributed by atoms with Crippen molar-refractivity contribution in [3.05, 3.63) is 188 Å². The van der Waals surface area contributed by atoms with Gasteiger partial charge in [0.2, 0.25) is 41.5 Å². The Morgan fingerprint density at radius 3 is 1.33 bits per heavy atom. The number of nitrogens with one attached hydrogen (secondary N) is 6. The average Bonchev–Trinajstić information content (AvgIpc) is 1.56. The first-order valence-electron chi connectivity index (χ1n) is 42.9. The summed E-state index contributed by atoms with van der Waals surface area (Å²) >= 11 is 0. The van der Waals surface area contributed by atoms with Crippen molar-refractivity contribution in [2.75, 3.05) is 182 Å². The predicted molar refractivity (Wildman–Crippen MR) is 509 cm³/mol. The summed E-state index contributed by atoms with van der Waals surface area (Å²) < 4.78 is 55.7. The summed E-state index contributed by atoms with van der Waals surface area (Å²) in [5.74, 6) is 2.37. The van der Waals surface area contributed by atoms with Crippen LogP contribution in [0.1, 0.15) is 54.4 Å². The summed E-state index contributed by atoms with van der Waals surface area (Å²) in [6.45, 7) is 15.5. The van der Waals surface area contributed by atoms with Crippen LogP contribution in [0.3, 0.4) is 0 Å². The summed E-state index contributed by atoms with van der Waals surface area (Å²) in [4.78, 5) is 92.3. The van der Waals surface area contributed by atoms with Crippen LogP contribution in [0.4, 0.5) is 83.6 Å². The lowest BCUT2D eigenvalue weighted by molar-refractivity contribution is -0.117. The van der Waals surface area contributed by atoms with Crippen molar-refractivity contribution in [1.29, 1.82) is 0 Å². The van der Waals surface area contributed by atoms with Crippen molar-refractivity contribution in [1.82, 2.24) is 58.3 Å². The van der Waals surface area contributed by atoms with Gasteiger partial charge in [0.25, 0.3) is 0 Å². The van der Waals surface area contributed by atoms with E-state index in [-0.39, 0.29) is 47.6 Å². The van der Waals surface area contributed by atoms with Gasteiger partial charge in [-0.05, 0) is 146 Å². The Kier molecular flexibility index (Phi) is 28.8. The first-order valence-corrected chi connectivity index (χ1v) is 42.9. The molecule has 0 bridgehead atoms. The van der Waals surface area contributed by atoms with Gasteiger partial charge in [-0.2, -0.15) is 8.78 Å². The quantitative estimate of drug-likeness (QED) is 0.0184. The molecule has 0 radical (unpaired) electrons. The van der Waals surface area contributed by atoms with Gasteiger partial charge in [-0.1, -0.05) is 74.3 Å². The molecule has 0 saturated carbocycles. The number of halogens is 2. The van der Waals surface area contributed by atoms with E-state index in [9.17, 15) is 33.1 Å². The minimum Gasteiger partial charge on any atom is -0.494 e. The van der Waals surface area contributed by atoms with E-state index in [2.05, 4.69) is 158 Å². The molecule has 129 heavy (non-hydrogen) atoms. The van der Waals surface area contributed by atoms with Crippen LogP contribution in [0.2, 0.25) is 0 Å². The molecular weight excluding hydrogens is 1640 g/mol. The Bertz CT molecular complexity index is 6200. The molecule has 7 N–H and O–H groups in total. The maximum atomic E-state index is 13.4. The van der Waals surface area contributed by atoms with Crippen LogP contribution >= 0.6 is 0 Å². The molecule has 1 saturated heterocycles. The van der Waals surface area contributed by atoms with Gasteiger partial charge in [-0.15, -0.1) is 0 Å². The second kappa shape index (κ2) is 40.7. The van der Waals surface area contributed by atoms with Crippen LogP contribution in [0, 0.1) is 0 Å². The van der Waals surface area contributed by atoms with Crippen LogP contribution in [0.25, 0.3) is 66.5 Å². The molecule has 0 aliphatic carbocycles. The number of ether oxygens (including phenoxy) is 4. The van der Waals surface area contributed by atoms with Gasteiger partial charge in [0.15, 0.2) is 5.75 Å². The monoisotopic (exact) mass is 1750 g/mol. The number of methoxy groups -OCH3 is 3. The number of anilines is 13. The fourth-order valence-electron chi connectivity index (χ4n) is 16.9. The Hall–Kier alpha value is -14.0. The van der Waals surface area contributed by atoms with E-state index in [1.165, 1.54) is 59.3 Å². The molecular formula is C96H112F2N22O9. The minimum absolute atomic E-state index is 0.131. The molecule has 6 aromatic carbocycles. The summed E-state index contributed by atoms with van der Waals surface area (Å²) in [6.07, 6.45) is 19.8. The van der Waals surface area contributed by atoms with Gasteiger partial charge in [0.1, 0.15) is 28.8 Å². The van der Waals surface area contributed by atoms with Gasteiger partial charge >= 0.3 is 6.61 Å². The van der Waals surface area contributed by atoms with E-state index in [1.54, 1.807) is 38.7 Å². The number of aliphatic hydroxyl groups excluding tert-OH is 1. The van der Waals surface area contributed by atoms with Crippen molar-refractivity contribution >= 4 is 131 Å². The lowest BCUT2D eigenvalue weighted by Gasteiger charge is -2.26. The van der Waals surface area contributed by atoms with E-state index >= 15 is 0 Å². The SMILES string of the molecule is C=CC(=O)Nc1cc(Nc2ncc(CO)c(-c3cn4c5c(cccc35)CCC4)n2)c(OC)cc1N(C)CCN(C)C.C=CC(=O)Nc1cc(Nc2ncc(OC(F)F)c(-c3cn4c5c(cccc35)CCC4)n2)c(OC)cc1N(C)CCN(C)C.C=CC(=O)Nc1cc(Nc2nccc(-c3c(N4CCCC4=O)n4c5c(cccc35)CCC4)n2)c(OC)cc1N(C)CCN(C)C. The zero-order valence-electron chi connectivity index (χ0n) is 75.1.